The molecule has 0 aliphatic carbocycles. The molecule has 32 heavy (non-hydrogen) atoms. The number of pyridine rings is 1. The Balaban J connectivity index is 1.32. The van der Waals surface area contributed by atoms with Crippen molar-refractivity contribution >= 4 is 17.4 Å². The van der Waals surface area contributed by atoms with E-state index in [0.717, 1.165) is 53.5 Å². The highest BCUT2D eigenvalue weighted by molar-refractivity contribution is 5.93. The lowest BCUT2D eigenvalue weighted by molar-refractivity contribution is -0.113. The van der Waals surface area contributed by atoms with E-state index in [4.69, 9.17) is 9.72 Å². The van der Waals surface area contributed by atoms with Gasteiger partial charge in [0.05, 0.1) is 37.7 Å². The summed E-state index contributed by atoms with van der Waals surface area (Å²) in [7, 11) is 0. The summed E-state index contributed by atoms with van der Waals surface area (Å²) in [6.45, 7) is 6.60. The van der Waals surface area contributed by atoms with Gasteiger partial charge in [-0.05, 0) is 37.1 Å². The van der Waals surface area contributed by atoms with Gasteiger partial charge in [-0.25, -0.2) is 8.78 Å². The van der Waals surface area contributed by atoms with Crippen LogP contribution in [0.1, 0.15) is 34.2 Å². The van der Waals surface area contributed by atoms with Crippen molar-refractivity contribution in [3.05, 3.63) is 40.8 Å². The molecular weight excluding hydrogens is 418 g/mol. The summed E-state index contributed by atoms with van der Waals surface area (Å²) < 4.78 is 31.8. The van der Waals surface area contributed by atoms with Crippen LogP contribution in [0.25, 0.3) is 0 Å². The van der Waals surface area contributed by atoms with Gasteiger partial charge in [0.2, 0.25) is 0 Å². The quantitative estimate of drug-likeness (QED) is 0.717. The predicted molar refractivity (Wildman–Crippen MR) is 114 cm³/mol. The third-order valence-electron chi connectivity index (χ3n) is 6.24. The van der Waals surface area contributed by atoms with Crippen LogP contribution in [0.4, 0.5) is 20.3 Å². The number of likely N-dealkylation sites (tertiary alicyclic amines) is 1. The zero-order valence-corrected chi connectivity index (χ0v) is 18.2. The maximum absolute atomic E-state index is 13.1. The summed E-state index contributed by atoms with van der Waals surface area (Å²) in [6, 6.07) is 3.83. The molecule has 8 nitrogen and oxygen atoms in total. The number of nitrogens with zero attached hydrogens (tertiary/aromatic N) is 6. The van der Waals surface area contributed by atoms with Crippen molar-refractivity contribution < 1.29 is 18.3 Å². The Morgan fingerprint density at radius 2 is 2.00 bits per heavy atom. The van der Waals surface area contributed by atoms with E-state index in [1.807, 2.05) is 13.1 Å². The largest absolute Gasteiger partial charge is 0.375 e. The highest BCUT2D eigenvalue weighted by atomic mass is 19.3. The molecule has 0 saturated carbocycles. The van der Waals surface area contributed by atoms with Gasteiger partial charge in [0, 0.05) is 38.3 Å². The SMILES string of the molecule is Cc1cc(C(=O)N2CC(F)(F)C2)nnc1N1CCc2ncc(N3CCO[C@H](C)C3)cc2C1. The summed E-state index contributed by atoms with van der Waals surface area (Å²) in [6.07, 6.45) is 2.93. The Morgan fingerprint density at radius 1 is 1.19 bits per heavy atom. The van der Waals surface area contributed by atoms with Gasteiger partial charge in [-0.15, -0.1) is 10.2 Å². The lowest BCUT2D eigenvalue weighted by Crippen LogP contribution is -2.58. The number of alkyl halides is 2. The molecule has 0 N–H and O–H groups in total. The standard InChI is InChI=1S/C22H26F2N6O2/c1-14-7-19(21(31)30-12-22(23,24)13-30)26-27-20(14)29-4-3-18-16(11-29)8-17(9-25-18)28-5-6-32-15(2)10-28/h7-9,15H,3-6,10-13H2,1-2H3/t15-/m1/s1. The summed E-state index contributed by atoms with van der Waals surface area (Å²) in [4.78, 5) is 22.6. The number of carbonyl (C=O) groups is 1. The Labute approximate surface area is 185 Å². The number of fused-ring (bicyclic) bond motifs is 1. The fourth-order valence-electron chi connectivity index (χ4n) is 4.53. The Hall–Kier alpha value is -2.88. The van der Waals surface area contributed by atoms with Crippen molar-refractivity contribution in [2.45, 2.75) is 38.8 Å². The number of halogens is 2. The minimum Gasteiger partial charge on any atom is -0.375 e. The van der Waals surface area contributed by atoms with Crippen LogP contribution in [0.2, 0.25) is 0 Å². The Bertz CT molecular complexity index is 1040. The molecular formula is C22H26F2N6O2. The first-order chi connectivity index (χ1) is 15.3. The van der Waals surface area contributed by atoms with Gasteiger partial charge in [0.25, 0.3) is 11.8 Å². The molecule has 2 saturated heterocycles. The molecule has 170 valence electrons. The maximum atomic E-state index is 13.1. The fraction of sp³-hybridized carbons (Fsp3) is 0.545. The molecule has 0 aromatic carbocycles. The summed E-state index contributed by atoms with van der Waals surface area (Å²) in [5, 5.41) is 8.34. The second-order valence-corrected chi connectivity index (χ2v) is 8.85. The van der Waals surface area contributed by atoms with Crippen LogP contribution in [0.15, 0.2) is 18.3 Å². The van der Waals surface area contributed by atoms with Crippen molar-refractivity contribution in [3.63, 3.8) is 0 Å². The van der Waals surface area contributed by atoms with Crippen molar-refractivity contribution in [2.75, 3.05) is 49.1 Å². The monoisotopic (exact) mass is 444 g/mol. The number of carbonyl (C=O) groups excluding carboxylic acids is 1. The van der Waals surface area contributed by atoms with Crippen LogP contribution >= 0.6 is 0 Å². The van der Waals surface area contributed by atoms with Gasteiger partial charge in [-0.2, -0.15) is 0 Å². The molecule has 3 aliphatic heterocycles. The number of aryl methyl sites for hydroxylation is 1. The van der Waals surface area contributed by atoms with Gasteiger partial charge in [0.15, 0.2) is 11.5 Å². The third kappa shape index (κ3) is 3.99. The van der Waals surface area contributed by atoms with Crippen LogP contribution in [-0.2, 0) is 17.7 Å². The van der Waals surface area contributed by atoms with E-state index in [2.05, 4.69) is 33.0 Å². The molecule has 0 unspecified atom stereocenters. The number of ether oxygens (including phenoxy) is 1. The van der Waals surface area contributed by atoms with Crippen LogP contribution in [-0.4, -0.2) is 77.3 Å². The number of anilines is 2. The lowest BCUT2D eigenvalue weighted by atomic mass is 10.0. The molecule has 1 amide bonds. The summed E-state index contributed by atoms with van der Waals surface area (Å²) in [5.74, 6) is -2.60. The van der Waals surface area contributed by atoms with Crippen molar-refractivity contribution in [1.82, 2.24) is 20.1 Å². The van der Waals surface area contributed by atoms with Crippen LogP contribution in [0.3, 0.4) is 0 Å². The number of rotatable bonds is 3. The molecule has 0 radical (unpaired) electrons. The topological polar surface area (TPSA) is 74.7 Å². The number of morpholine rings is 1. The second kappa shape index (κ2) is 7.91. The van der Waals surface area contributed by atoms with E-state index in [0.29, 0.717) is 19.0 Å². The van der Waals surface area contributed by atoms with Crippen molar-refractivity contribution in [1.29, 1.82) is 0 Å². The normalized spacial score (nSPS) is 22.4. The van der Waals surface area contributed by atoms with E-state index in [-0.39, 0.29) is 11.8 Å². The van der Waals surface area contributed by atoms with Gasteiger partial charge in [-0.1, -0.05) is 0 Å². The Kier molecular flexibility index (Phi) is 5.19. The number of hydrogen-bond donors (Lipinski definition) is 0. The molecule has 5 rings (SSSR count). The molecule has 2 aromatic rings. The van der Waals surface area contributed by atoms with Crippen molar-refractivity contribution in [3.8, 4) is 0 Å². The average Bonchev–Trinajstić information content (AvgIpc) is 2.76. The molecule has 2 fully saturated rings. The number of hydrogen-bond acceptors (Lipinski definition) is 7. The smallest absolute Gasteiger partial charge is 0.282 e. The zero-order valence-electron chi connectivity index (χ0n) is 18.2. The summed E-state index contributed by atoms with van der Waals surface area (Å²) in [5.41, 5.74) is 4.23. The van der Waals surface area contributed by atoms with E-state index in [9.17, 15) is 13.6 Å². The molecule has 3 aliphatic rings. The maximum Gasteiger partial charge on any atom is 0.282 e. The molecule has 1 atom stereocenters. The number of aromatic nitrogens is 3. The predicted octanol–water partition coefficient (Wildman–Crippen LogP) is 2.06. The molecule has 10 heteroatoms. The third-order valence-corrected chi connectivity index (χ3v) is 6.24. The first-order valence-corrected chi connectivity index (χ1v) is 10.9. The van der Waals surface area contributed by atoms with Gasteiger partial charge >= 0.3 is 0 Å². The van der Waals surface area contributed by atoms with Crippen LogP contribution < -0.4 is 9.80 Å². The minimum absolute atomic E-state index is 0.101. The zero-order chi connectivity index (χ0) is 22.5. The fourth-order valence-corrected chi connectivity index (χ4v) is 4.53. The van der Waals surface area contributed by atoms with E-state index < -0.39 is 24.9 Å². The molecule has 5 heterocycles. The van der Waals surface area contributed by atoms with E-state index >= 15 is 0 Å². The minimum atomic E-state index is -2.80. The van der Waals surface area contributed by atoms with Gasteiger partial charge in [0.1, 0.15) is 0 Å². The molecule has 0 bridgehead atoms. The molecule has 0 spiro atoms. The second-order valence-electron chi connectivity index (χ2n) is 8.85. The first kappa shape index (κ1) is 21.0. The van der Waals surface area contributed by atoms with E-state index in [1.54, 1.807) is 6.07 Å². The van der Waals surface area contributed by atoms with Gasteiger partial charge < -0.3 is 19.4 Å². The number of amides is 1. The highest BCUT2D eigenvalue weighted by Crippen LogP contribution is 2.30. The lowest BCUT2D eigenvalue weighted by Gasteiger charge is -2.38. The van der Waals surface area contributed by atoms with E-state index in [1.165, 1.54) is 0 Å². The first-order valence-electron chi connectivity index (χ1n) is 10.9. The molecule has 2 aromatic heterocycles. The van der Waals surface area contributed by atoms with Crippen molar-refractivity contribution in [2.24, 2.45) is 0 Å². The Morgan fingerprint density at radius 3 is 2.72 bits per heavy atom. The van der Waals surface area contributed by atoms with Crippen LogP contribution in [0, 0.1) is 6.92 Å². The summed E-state index contributed by atoms with van der Waals surface area (Å²) >= 11 is 0. The van der Waals surface area contributed by atoms with Gasteiger partial charge in [-0.3, -0.25) is 9.78 Å². The average molecular weight is 444 g/mol. The highest BCUT2D eigenvalue weighted by Gasteiger charge is 2.46. The van der Waals surface area contributed by atoms with Crippen LogP contribution in [0.5, 0.6) is 0 Å².